The molecule has 22 heavy (non-hydrogen) atoms. The van der Waals surface area contributed by atoms with Gasteiger partial charge in [-0.05, 0) is 18.9 Å². The Kier molecular flexibility index (Phi) is 5.00. The largest absolute Gasteiger partial charge is 0.490 e. The maximum atomic E-state index is 5.92. The van der Waals surface area contributed by atoms with Gasteiger partial charge in [-0.2, -0.15) is 0 Å². The molecular formula is C16H23N3O3. The summed E-state index contributed by atoms with van der Waals surface area (Å²) in [7, 11) is 0. The van der Waals surface area contributed by atoms with E-state index in [0.29, 0.717) is 32.3 Å². The number of nitrogens with two attached hydrogens (primary N) is 1. The number of fused-ring (bicyclic) bond motifs is 1. The molecule has 1 fully saturated rings. The highest BCUT2D eigenvalue weighted by Crippen LogP contribution is 2.33. The number of rotatable bonds is 4. The lowest BCUT2D eigenvalue weighted by Crippen LogP contribution is -2.37. The minimum absolute atomic E-state index is 0.249. The van der Waals surface area contributed by atoms with E-state index in [1.807, 2.05) is 18.2 Å². The average molecular weight is 305 g/mol. The molecular weight excluding hydrogens is 282 g/mol. The first-order chi connectivity index (χ1) is 10.8. The zero-order valence-corrected chi connectivity index (χ0v) is 12.7. The first kappa shape index (κ1) is 15.0. The smallest absolute Gasteiger partial charge is 0.189 e. The Morgan fingerprint density at radius 3 is 3.00 bits per heavy atom. The minimum Gasteiger partial charge on any atom is -0.490 e. The van der Waals surface area contributed by atoms with Gasteiger partial charge in [0.2, 0.25) is 0 Å². The summed E-state index contributed by atoms with van der Waals surface area (Å²) in [6.07, 6.45) is 3.34. The Morgan fingerprint density at radius 1 is 1.23 bits per heavy atom. The molecule has 1 aromatic carbocycles. The Morgan fingerprint density at radius 2 is 2.14 bits per heavy atom. The van der Waals surface area contributed by atoms with E-state index in [1.165, 1.54) is 0 Å². The van der Waals surface area contributed by atoms with Crippen molar-refractivity contribution >= 4 is 5.96 Å². The fraction of sp³-hybridized carbons (Fsp3) is 0.562. The Balaban J connectivity index is 1.59. The molecule has 3 rings (SSSR count). The summed E-state index contributed by atoms with van der Waals surface area (Å²) >= 11 is 0. The molecule has 0 spiro atoms. The molecule has 1 saturated heterocycles. The van der Waals surface area contributed by atoms with E-state index in [9.17, 15) is 0 Å². The summed E-state index contributed by atoms with van der Waals surface area (Å²) in [5.41, 5.74) is 6.91. The molecule has 2 heterocycles. The van der Waals surface area contributed by atoms with Crippen molar-refractivity contribution < 1.29 is 14.2 Å². The molecule has 3 N–H and O–H groups in total. The van der Waals surface area contributed by atoms with E-state index in [-0.39, 0.29) is 6.10 Å². The van der Waals surface area contributed by atoms with Crippen LogP contribution in [-0.2, 0) is 11.3 Å². The van der Waals surface area contributed by atoms with Crippen molar-refractivity contribution in [1.29, 1.82) is 0 Å². The van der Waals surface area contributed by atoms with E-state index >= 15 is 0 Å². The van der Waals surface area contributed by atoms with Crippen LogP contribution >= 0.6 is 0 Å². The first-order valence-corrected chi connectivity index (χ1v) is 7.86. The first-order valence-electron chi connectivity index (χ1n) is 7.86. The van der Waals surface area contributed by atoms with Gasteiger partial charge in [0.1, 0.15) is 0 Å². The number of benzene rings is 1. The molecule has 1 unspecified atom stereocenters. The van der Waals surface area contributed by atoms with Crippen LogP contribution in [0.15, 0.2) is 23.2 Å². The van der Waals surface area contributed by atoms with Gasteiger partial charge in [0.25, 0.3) is 0 Å². The molecule has 6 heteroatoms. The predicted octanol–water partition coefficient (Wildman–Crippen LogP) is 1.43. The summed E-state index contributed by atoms with van der Waals surface area (Å²) in [6.45, 7) is 3.38. The maximum Gasteiger partial charge on any atom is 0.189 e. The highest BCUT2D eigenvalue weighted by molar-refractivity contribution is 5.77. The van der Waals surface area contributed by atoms with Crippen LogP contribution in [0, 0.1) is 0 Å². The van der Waals surface area contributed by atoms with Crippen LogP contribution in [0.5, 0.6) is 11.5 Å². The fourth-order valence-corrected chi connectivity index (χ4v) is 2.63. The van der Waals surface area contributed by atoms with Crippen LogP contribution in [0.4, 0.5) is 0 Å². The normalized spacial score (nSPS) is 21.5. The molecule has 2 aliphatic rings. The number of nitrogens with zero attached hydrogens (tertiary/aromatic N) is 1. The van der Waals surface area contributed by atoms with Crippen molar-refractivity contribution in [3.63, 3.8) is 0 Å². The maximum absolute atomic E-state index is 5.92. The number of ether oxygens (including phenoxy) is 3. The van der Waals surface area contributed by atoms with Crippen molar-refractivity contribution in [2.75, 3.05) is 26.4 Å². The third-order valence-electron chi connectivity index (χ3n) is 3.81. The zero-order valence-electron chi connectivity index (χ0n) is 12.7. The van der Waals surface area contributed by atoms with Crippen LogP contribution in [0.1, 0.15) is 24.8 Å². The summed E-state index contributed by atoms with van der Waals surface area (Å²) in [5, 5.41) is 3.12. The second-order valence-corrected chi connectivity index (χ2v) is 5.51. The van der Waals surface area contributed by atoms with Gasteiger partial charge in [-0.3, -0.25) is 0 Å². The molecule has 120 valence electrons. The second-order valence-electron chi connectivity index (χ2n) is 5.51. The van der Waals surface area contributed by atoms with Crippen molar-refractivity contribution in [3.8, 4) is 11.5 Å². The van der Waals surface area contributed by atoms with Gasteiger partial charge in [-0.15, -0.1) is 0 Å². The summed E-state index contributed by atoms with van der Waals surface area (Å²) < 4.78 is 17.0. The van der Waals surface area contributed by atoms with E-state index in [0.717, 1.165) is 42.9 Å². The van der Waals surface area contributed by atoms with Crippen LogP contribution < -0.4 is 20.5 Å². The van der Waals surface area contributed by atoms with Crippen LogP contribution in [0.3, 0.4) is 0 Å². The van der Waals surface area contributed by atoms with E-state index < -0.39 is 0 Å². The molecule has 1 aromatic rings. The van der Waals surface area contributed by atoms with Crippen LogP contribution in [-0.4, -0.2) is 38.4 Å². The highest BCUT2D eigenvalue weighted by atomic mass is 16.5. The van der Waals surface area contributed by atoms with Crippen molar-refractivity contribution in [2.24, 2.45) is 10.7 Å². The fourth-order valence-electron chi connectivity index (χ4n) is 2.63. The summed E-state index contributed by atoms with van der Waals surface area (Å²) in [5.74, 6) is 2.01. The van der Waals surface area contributed by atoms with Gasteiger partial charge in [-0.1, -0.05) is 12.1 Å². The topological polar surface area (TPSA) is 78.1 Å². The van der Waals surface area contributed by atoms with Crippen molar-refractivity contribution in [3.05, 3.63) is 23.8 Å². The number of guanidine groups is 1. The molecule has 0 radical (unpaired) electrons. The predicted molar refractivity (Wildman–Crippen MR) is 84.4 cm³/mol. The molecule has 6 nitrogen and oxygen atoms in total. The third-order valence-corrected chi connectivity index (χ3v) is 3.81. The van der Waals surface area contributed by atoms with Gasteiger partial charge in [-0.25, -0.2) is 4.99 Å². The lowest BCUT2D eigenvalue weighted by molar-refractivity contribution is 0.114. The summed E-state index contributed by atoms with van der Waals surface area (Å²) in [6, 6.07) is 5.87. The van der Waals surface area contributed by atoms with Gasteiger partial charge < -0.3 is 25.3 Å². The Bertz CT molecular complexity index is 527. The van der Waals surface area contributed by atoms with Gasteiger partial charge in [0.15, 0.2) is 17.5 Å². The number of aliphatic imine (C=N–C) groups is 1. The molecule has 2 aliphatic heterocycles. The molecule has 1 atom stereocenters. The van der Waals surface area contributed by atoms with E-state index in [1.54, 1.807) is 0 Å². The van der Waals surface area contributed by atoms with Crippen LogP contribution in [0.25, 0.3) is 0 Å². The third kappa shape index (κ3) is 3.82. The number of hydrogen-bond acceptors (Lipinski definition) is 4. The number of hydrogen-bond donors (Lipinski definition) is 2. The highest BCUT2D eigenvalue weighted by Gasteiger charge is 2.16. The number of para-hydroxylation sites is 1. The standard InChI is InChI=1S/C16H23N3O3/c17-16(19-11-13-5-2-7-20-13)18-10-12-4-1-6-14-15(12)22-9-3-8-21-14/h1,4,6,13H,2-3,5,7-11H2,(H3,17,18,19). The molecule has 0 aromatic heterocycles. The van der Waals surface area contributed by atoms with Gasteiger partial charge in [0, 0.05) is 25.1 Å². The molecule has 0 amide bonds. The minimum atomic E-state index is 0.249. The van der Waals surface area contributed by atoms with Crippen molar-refractivity contribution in [2.45, 2.75) is 31.9 Å². The molecule has 0 aliphatic carbocycles. The van der Waals surface area contributed by atoms with Gasteiger partial charge in [0.05, 0.1) is 25.9 Å². The average Bonchev–Trinajstić information content (AvgIpc) is 2.94. The summed E-state index contributed by atoms with van der Waals surface area (Å²) in [4.78, 5) is 4.39. The second kappa shape index (κ2) is 7.35. The lowest BCUT2D eigenvalue weighted by atomic mass is 10.2. The van der Waals surface area contributed by atoms with Crippen molar-refractivity contribution in [1.82, 2.24) is 5.32 Å². The van der Waals surface area contributed by atoms with E-state index in [4.69, 9.17) is 19.9 Å². The van der Waals surface area contributed by atoms with Gasteiger partial charge >= 0.3 is 0 Å². The SMILES string of the molecule is NC(=NCc1cccc2c1OCCCO2)NCC1CCCO1. The zero-order chi connectivity index (χ0) is 15.2. The lowest BCUT2D eigenvalue weighted by Gasteiger charge is -2.13. The Hall–Kier alpha value is -1.95. The number of nitrogens with one attached hydrogen (secondary N) is 1. The van der Waals surface area contributed by atoms with E-state index in [2.05, 4.69) is 10.3 Å². The monoisotopic (exact) mass is 305 g/mol. The van der Waals surface area contributed by atoms with Crippen LogP contribution in [0.2, 0.25) is 0 Å². The Labute approximate surface area is 130 Å². The molecule has 0 saturated carbocycles. The quantitative estimate of drug-likeness (QED) is 0.650. The molecule has 0 bridgehead atoms.